The molecule has 1 aromatic carbocycles. The summed E-state index contributed by atoms with van der Waals surface area (Å²) in [5.74, 6) is -1.71. The van der Waals surface area contributed by atoms with Crippen LogP contribution in [-0.2, 0) is 9.59 Å². The third-order valence-corrected chi connectivity index (χ3v) is 4.74. The number of amides is 2. The Morgan fingerprint density at radius 3 is 2.60 bits per heavy atom. The van der Waals surface area contributed by atoms with Gasteiger partial charge < -0.3 is 15.3 Å². The van der Waals surface area contributed by atoms with Crippen molar-refractivity contribution in [3.05, 3.63) is 34.9 Å². The van der Waals surface area contributed by atoms with Gasteiger partial charge in [-0.15, -0.1) is 0 Å². The SMILES string of the molecule is CC(C)C(NC(=O)c1ccccc1Cl)C(=O)N1CCCC1CC(=O)O. The Kier molecular flexibility index (Phi) is 6.42. The predicted octanol–water partition coefficient (Wildman–Crippen LogP) is 2.56. The van der Waals surface area contributed by atoms with Gasteiger partial charge in [-0.2, -0.15) is 0 Å². The Hall–Kier alpha value is -2.08. The van der Waals surface area contributed by atoms with Crippen LogP contribution in [0.15, 0.2) is 24.3 Å². The molecular weight excluding hydrogens is 344 g/mol. The van der Waals surface area contributed by atoms with E-state index in [2.05, 4.69) is 5.32 Å². The second-order valence-electron chi connectivity index (χ2n) is 6.60. The summed E-state index contributed by atoms with van der Waals surface area (Å²) in [6.45, 7) is 4.21. The van der Waals surface area contributed by atoms with Gasteiger partial charge in [0, 0.05) is 12.6 Å². The second kappa shape index (κ2) is 8.34. The molecule has 2 unspecified atom stereocenters. The van der Waals surface area contributed by atoms with Crippen molar-refractivity contribution in [2.75, 3.05) is 6.54 Å². The number of carbonyl (C=O) groups is 3. The number of benzene rings is 1. The van der Waals surface area contributed by atoms with Crippen LogP contribution in [0.2, 0.25) is 5.02 Å². The number of carbonyl (C=O) groups excluding carboxylic acids is 2. The Labute approximate surface area is 152 Å². The summed E-state index contributed by atoms with van der Waals surface area (Å²) in [5.41, 5.74) is 0.311. The van der Waals surface area contributed by atoms with Crippen molar-refractivity contribution in [3.63, 3.8) is 0 Å². The van der Waals surface area contributed by atoms with Crippen LogP contribution in [0.5, 0.6) is 0 Å². The lowest BCUT2D eigenvalue weighted by atomic mass is 10.0. The molecule has 7 heteroatoms. The Bertz CT molecular complexity index is 662. The molecule has 1 saturated heterocycles. The molecule has 2 rings (SSSR count). The zero-order chi connectivity index (χ0) is 18.6. The summed E-state index contributed by atoms with van der Waals surface area (Å²) < 4.78 is 0. The van der Waals surface area contributed by atoms with E-state index in [1.54, 1.807) is 29.2 Å². The first kappa shape index (κ1) is 19.2. The molecule has 2 amide bonds. The lowest BCUT2D eigenvalue weighted by Gasteiger charge is -2.30. The summed E-state index contributed by atoms with van der Waals surface area (Å²) in [7, 11) is 0. The minimum atomic E-state index is -0.925. The fourth-order valence-electron chi connectivity index (χ4n) is 3.10. The lowest BCUT2D eigenvalue weighted by molar-refractivity contribution is -0.140. The largest absolute Gasteiger partial charge is 0.481 e. The summed E-state index contributed by atoms with van der Waals surface area (Å²) >= 11 is 6.05. The van der Waals surface area contributed by atoms with Gasteiger partial charge in [0.2, 0.25) is 5.91 Å². The molecule has 136 valence electrons. The molecule has 1 aliphatic heterocycles. The van der Waals surface area contributed by atoms with Gasteiger partial charge in [0.25, 0.3) is 5.91 Å². The van der Waals surface area contributed by atoms with Crippen molar-refractivity contribution >= 4 is 29.4 Å². The van der Waals surface area contributed by atoms with E-state index in [9.17, 15) is 14.4 Å². The van der Waals surface area contributed by atoms with Crippen LogP contribution >= 0.6 is 11.6 Å². The molecule has 1 aromatic rings. The number of aliphatic carboxylic acids is 1. The van der Waals surface area contributed by atoms with Gasteiger partial charge in [0.05, 0.1) is 17.0 Å². The van der Waals surface area contributed by atoms with Crippen molar-refractivity contribution in [1.82, 2.24) is 10.2 Å². The predicted molar refractivity (Wildman–Crippen MR) is 94.5 cm³/mol. The van der Waals surface area contributed by atoms with Crippen molar-refractivity contribution in [3.8, 4) is 0 Å². The zero-order valence-corrected chi connectivity index (χ0v) is 15.1. The third-order valence-electron chi connectivity index (χ3n) is 4.41. The van der Waals surface area contributed by atoms with E-state index >= 15 is 0 Å². The van der Waals surface area contributed by atoms with Gasteiger partial charge in [-0.3, -0.25) is 14.4 Å². The summed E-state index contributed by atoms with van der Waals surface area (Å²) in [4.78, 5) is 38.0. The maximum Gasteiger partial charge on any atom is 0.305 e. The number of carboxylic acids is 1. The van der Waals surface area contributed by atoms with Gasteiger partial charge in [-0.1, -0.05) is 37.6 Å². The van der Waals surface area contributed by atoms with Crippen molar-refractivity contribution in [2.24, 2.45) is 5.92 Å². The van der Waals surface area contributed by atoms with E-state index in [-0.39, 0.29) is 24.3 Å². The zero-order valence-electron chi connectivity index (χ0n) is 14.4. The van der Waals surface area contributed by atoms with Crippen LogP contribution in [0.25, 0.3) is 0 Å². The summed E-state index contributed by atoms with van der Waals surface area (Å²) in [6.07, 6.45) is 1.36. The Morgan fingerprint density at radius 2 is 2.00 bits per heavy atom. The van der Waals surface area contributed by atoms with Gasteiger partial charge in [0.1, 0.15) is 6.04 Å². The van der Waals surface area contributed by atoms with Crippen LogP contribution in [-0.4, -0.2) is 46.4 Å². The van der Waals surface area contributed by atoms with Crippen molar-refractivity contribution in [2.45, 2.75) is 45.2 Å². The minimum absolute atomic E-state index is 0.0744. The number of likely N-dealkylation sites (tertiary alicyclic amines) is 1. The molecule has 0 radical (unpaired) electrons. The number of halogens is 1. The van der Waals surface area contributed by atoms with Gasteiger partial charge in [-0.25, -0.2) is 0 Å². The first-order chi connectivity index (χ1) is 11.8. The van der Waals surface area contributed by atoms with E-state index in [1.807, 2.05) is 13.8 Å². The number of carboxylic acid groups (broad SMARTS) is 1. The molecule has 1 aliphatic rings. The average molecular weight is 367 g/mol. The van der Waals surface area contributed by atoms with Crippen molar-refractivity contribution < 1.29 is 19.5 Å². The number of hydrogen-bond acceptors (Lipinski definition) is 3. The Morgan fingerprint density at radius 1 is 1.32 bits per heavy atom. The normalized spacial score (nSPS) is 18.2. The van der Waals surface area contributed by atoms with Crippen LogP contribution in [0.1, 0.15) is 43.5 Å². The highest BCUT2D eigenvalue weighted by molar-refractivity contribution is 6.33. The number of hydrogen-bond donors (Lipinski definition) is 2. The highest BCUT2D eigenvalue weighted by Crippen LogP contribution is 2.23. The molecule has 6 nitrogen and oxygen atoms in total. The first-order valence-electron chi connectivity index (χ1n) is 8.39. The van der Waals surface area contributed by atoms with Gasteiger partial charge >= 0.3 is 5.97 Å². The van der Waals surface area contributed by atoms with Crippen LogP contribution < -0.4 is 5.32 Å². The number of rotatable bonds is 6. The molecule has 0 saturated carbocycles. The van der Waals surface area contributed by atoms with E-state index in [0.717, 1.165) is 6.42 Å². The van der Waals surface area contributed by atoms with Gasteiger partial charge in [-0.05, 0) is 30.9 Å². The highest BCUT2D eigenvalue weighted by Gasteiger charge is 2.36. The fraction of sp³-hybridized carbons (Fsp3) is 0.500. The minimum Gasteiger partial charge on any atom is -0.481 e. The van der Waals surface area contributed by atoms with E-state index in [4.69, 9.17) is 16.7 Å². The molecule has 0 bridgehead atoms. The van der Waals surface area contributed by atoms with E-state index in [1.165, 1.54) is 0 Å². The van der Waals surface area contributed by atoms with Gasteiger partial charge in [0.15, 0.2) is 0 Å². The molecule has 25 heavy (non-hydrogen) atoms. The average Bonchev–Trinajstić information content (AvgIpc) is 2.99. The molecule has 0 aromatic heterocycles. The van der Waals surface area contributed by atoms with Crippen LogP contribution in [0.3, 0.4) is 0 Å². The monoisotopic (exact) mass is 366 g/mol. The van der Waals surface area contributed by atoms with Crippen molar-refractivity contribution in [1.29, 1.82) is 0 Å². The quantitative estimate of drug-likeness (QED) is 0.810. The molecule has 2 atom stereocenters. The molecule has 0 spiro atoms. The summed E-state index contributed by atoms with van der Waals surface area (Å²) in [6, 6.07) is 5.61. The first-order valence-corrected chi connectivity index (χ1v) is 8.76. The number of nitrogens with zero attached hydrogens (tertiary/aromatic N) is 1. The molecular formula is C18H23ClN2O4. The maximum atomic E-state index is 12.9. The smallest absolute Gasteiger partial charge is 0.305 e. The standard InChI is InChI=1S/C18H23ClN2O4/c1-11(2)16(20-17(24)13-7-3-4-8-14(13)19)18(25)21-9-5-6-12(21)10-15(22)23/h3-4,7-8,11-12,16H,5-6,9-10H2,1-2H3,(H,20,24)(H,22,23). The van der Waals surface area contributed by atoms with Crippen LogP contribution in [0.4, 0.5) is 0 Å². The third kappa shape index (κ3) is 4.72. The number of nitrogens with one attached hydrogen (secondary N) is 1. The second-order valence-corrected chi connectivity index (χ2v) is 7.01. The van der Waals surface area contributed by atoms with Crippen LogP contribution in [0, 0.1) is 5.92 Å². The Balaban J connectivity index is 2.14. The fourth-order valence-corrected chi connectivity index (χ4v) is 3.32. The molecule has 1 heterocycles. The highest BCUT2D eigenvalue weighted by atomic mass is 35.5. The molecule has 2 N–H and O–H groups in total. The lowest BCUT2D eigenvalue weighted by Crippen LogP contribution is -2.52. The van der Waals surface area contributed by atoms with E-state index < -0.39 is 17.9 Å². The molecule has 1 fully saturated rings. The molecule has 0 aliphatic carbocycles. The topological polar surface area (TPSA) is 86.7 Å². The maximum absolute atomic E-state index is 12.9. The summed E-state index contributed by atoms with van der Waals surface area (Å²) in [5, 5.41) is 12.1. The van der Waals surface area contributed by atoms with E-state index in [0.29, 0.717) is 23.6 Å².